The number of fused-ring (bicyclic) bond motifs is 1. The Balaban J connectivity index is 1.55. The van der Waals surface area contributed by atoms with Crippen molar-refractivity contribution in [2.75, 3.05) is 0 Å². The lowest BCUT2D eigenvalue weighted by atomic mass is 10.1. The van der Waals surface area contributed by atoms with Gasteiger partial charge >= 0.3 is 5.97 Å². The van der Waals surface area contributed by atoms with Crippen LogP contribution in [0.1, 0.15) is 36.6 Å². The van der Waals surface area contributed by atoms with Gasteiger partial charge in [-0.2, -0.15) is 0 Å². The van der Waals surface area contributed by atoms with E-state index < -0.39 is 17.8 Å². The Kier molecular flexibility index (Phi) is 4.33. The van der Waals surface area contributed by atoms with E-state index in [2.05, 4.69) is 4.98 Å². The summed E-state index contributed by atoms with van der Waals surface area (Å²) in [6, 6.07) is 14.4. The predicted octanol–water partition coefficient (Wildman–Crippen LogP) is 3.55. The van der Waals surface area contributed by atoms with E-state index in [1.54, 1.807) is 42.7 Å². The number of rotatable bonds is 4. The molecule has 0 spiro atoms. The van der Waals surface area contributed by atoms with E-state index in [0.29, 0.717) is 16.6 Å². The maximum Gasteiger partial charge on any atom is 0.364 e. The molecule has 0 saturated heterocycles. The maximum atomic E-state index is 12.5. The monoisotopic (exact) mass is 374 g/mol. The van der Waals surface area contributed by atoms with Gasteiger partial charge in [-0.05, 0) is 48.9 Å². The number of ether oxygens (including phenoxy) is 1. The molecule has 1 aromatic heterocycles. The normalized spacial score (nSPS) is 12.7. The predicted molar refractivity (Wildman–Crippen MR) is 97.8 cm³/mol. The second-order valence-electron chi connectivity index (χ2n) is 6.09. The van der Waals surface area contributed by atoms with Crippen LogP contribution < -0.4 is 4.74 Å². The first kappa shape index (κ1) is 17.4. The zero-order valence-corrected chi connectivity index (χ0v) is 14.8. The van der Waals surface area contributed by atoms with Gasteiger partial charge in [0, 0.05) is 12.4 Å². The molecule has 1 aliphatic rings. The topological polar surface area (TPSA) is 85.8 Å². The first-order valence-electron chi connectivity index (χ1n) is 8.43. The molecular formula is C21H14N2O5. The molecule has 0 unspecified atom stereocenters. The van der Waals surface area contributed by atoms with Crippen molar-refractivity contribution in [2.45, 2.75) is 6.92 Å². The highest BCUT2D eigenvalue weighted by Crippen LogP contribution is 2.27. The average Bonchev–Trinajstić information content (AvgIpc) is 2.95. The third-order valence-electron chi connectivity index (χ3n) is 4.23. The van der Waals surface area contributed by atoms with E-state index in [9.17, 15) is 14.4 Å². The molecule has 0 radical (unpaired) electrons. The number of hydroxylamine groups is 2. The number of benzene rings is 2. The van der Waals surface area contributed by atoms with Gasteiger partial charge in [-0.25, -0.2) is 4.79 Å². The molecule has 2 heterocycles. The Morgan fingerprint density at radius 2 is 1.57 bits per heavy atom. The SMILES string of the molecule is Cc1ccc(C(=O)ON2C(=O)c3ccccc3C2=O)cc1Oc1ccncc1. The van der Waals surface area contributed by atoms with Crippen molar-refractivity contribution < 1.29 is 24.0 Å². The quantitative estimate of drug-likeness (QED) is 0.649. The average molecular weight is 374 g/mol. The Bertz CT molecular complexity index is 1060. The van der Waals surface area contributed by atoms with Gasteiger partial charge in [0.25, 0.3) is 11.8 Å². The molecule has 0 saturated carbocycles. The van der Waals surface area contributed by atoms with Crippen molar-refractivity contribution in [3.8, 4) is 11.5 Å². The number of aromatic nitrogens is 1. The molecule has 1 aliphatic heterocycles. The Labute approximate surface area is 160 Å². The first-order chi connectivity index (χ1) is 13.5. The van der Waals surface area contributed by atoms with Crippen molar-refractivity contribution in [2.24, 2.45) is 0 Å². The molecule has 0 fully saturated rings. The van der Waals surface area contributed by atoms with E-state index >= 15 is 0 Å². The fourth-order valence-corrected chi connectivity index (χ4v) is 2.76. The number of hydrogen-bond acceptors (Lipinski definition) is 6. The number of pyridine rings is 1. The zero-order chi connectivity index (χ0) is 19.7. The van der Waals surface area contributed by atoms with Gasteiger partial charge in [0.2, 0.25) is 0 Å². The highest BCUT2D eigenvalue weighted by molar-refractivity contribution is 6.21. The van der Waals surface area contributed by atoms with Crippen LogP contribution >= 0.6 is 0 Å². The fourth-order valence-electron chi connectivity index (χ4n) is 2.76. The Morgan fingerprint density at radius 1 is 0.929 bits per heavy atom. The van der Waals surface area contributed by atoms with Crippen LogP contribution in [0.4, 0.5) is 0 Å². The van der Waals surface area contributed by atoms with Gasteiger partial charge in [0.15, 0.2) is 0 Å². The number of aryl methyl sites for hydroxylation is 1. The van der Waals surface area contributed by atoms with E-state index in [0.717, 1.165) is 5.56 Å². The van der Waals surface area contributed by atoms with Crippen molar-refractivity contribution >= 4 is 17.8 Å². The number of nitrogens with zero attached hydrogens (tertiary/aromatic N) is 2. The number of imide groups is 1. The summed E-state index contributed by atoms with van der Waals surface area (Å²) in [7, 11) is 0. The van der Waals surface area contributed by atoms with E-state index in [1.165, 1.54) is 24.3 Å². The third kappa shape index (κ3) is 3.09. The summed E-state index contributed by atoms with van der Waals surface area (Å²) in [4.78, 5) is 46.2. The lowest BCUT2D eigenvalue weighted by Crippen LogP contribution is -2.32. The van der Waals surface area contributed by atoms with Crippen LogP contribution in [0.2, 0.25) is 0 Å². The minimum Gasteiger partial charge on any atom is -0.457 e. The molecule has 2 amide bonds. The molecule has 4 rings (SSSR count). The van der Waals surface area contributed by atoms with Crippen molar-refractivity contribution in [3.63, 3.8) is 0 Å². The van der Waals surface area contributed by atoms with Crippen molar-refractivity contribution in [1.29, 1.82) is 0 Å². The van der Waals surface area contributed by atoms with Gasteiger partial charge in [0.1, 0.15) is 11.5 Å². The summed E-state index contributed by atoms with van der Waals surface area (Å²) < 4.78 is 5.77. The fraction of sp³-hybridized carbons (Fsp3) is 0.0476. The second-order valence-corrected chi connectivity index (χ2v) is 6.09. The zero-order valence-electron chi connectivity index (χ0n) is 14.8. The van der Waals surface area contributed by atoms with Crippen LogP contribution in [-0.2, 0) is 4.84 Å². The van der Waals surface area contributed by atoms with Crippen LogP contribution in [0.25, 0.3) is 0 Å². The maximum absolute atomic E-state index is 12.5. The second kappa shape index (κ2) is 6.96. The summed E-state index contributed by atoms with van der Waals surface area (Å²) in [6.07, 6.45) is 3.18. The van der Waals surface area contributed by atoms with Crippen molar-refractivity contribution in [1.82, 2.24) is 10.0 Å². The molecule has 7 heteroatoms. The van der Waals surface area contributed by atoms with Crippen LogP contribution in [0.3, 0.4) is 0 Å². The Morgan fingerprint density at radius 3 is 2.21 bits per heavy atom. The van der Waals surface area contributed by atoms with Gasteiger partial charge in [-0.1, -0.05) is 23.3 Å². The van der Waals surface area contributed by atoms with Gasteiger partial charge in [0.05, 0.1) is 16.7 Å². The molecule has 2 aromatic carbocycles. The summed E-state index contributed by atoms with van der Waals surface area (Å²) in [5.41, 5.74) is 1.34. The molecular weight excluding hydrogens is 360 g/mol. The Hall–Kier alpha value is -4.00. The summed E-state index contributed by atoms with van der Waals surface area (Å²) in [5.74, 6) is -1.18. The number of hydrogen-bond donors (Lipinski definition) is 0. The smallest absolute Gasteiger partial charge is 0.364 e. The molecule has 7 nitrogen and oxygen atoms in total. The first-order valence-corrected chi connectivity index (χ1v) is 8.43. The molecule has 138 valence electrons. The molecule has 0 bridgehead atoms. The molecule has 3 aromatic rings. The van der Waals surface area contributed by atoms with Crippen molar-refractivity contribution in [3.05, 3.63) is 89.2 Å². The lowest BCUT2D eigenvalue weighted by Gasteiger charge is -2.14. The lowest BCUT2D eigenvalue weighted by molar-refractivity contribution is -0.0584. The molecule has 28 heavy (non-hydrogen) atoms. The molecule has 0 atom stereocenters. The summed E-state index contributed by atoms with van der Waals surface area (Å²) >= 11 is 0. The largest absolute Gasteiger partial charge is 0.457 e. The van der Waals surface area contributed by atoms with Crippen LogP contribution in [0.15, 0.2) is 67.0 Å². The van der Waals surface area contributed by atoms with E-state index in [4.69, 9.17) is 9.57 Å². The number of carbonyl (C=O) groups excluding carboxylic acids is 3. The van der Waals surface area contributed by atoms with E-state index in [-0.39, 0.29) is 16.7 Å². The minimum atomic E-state index is -0.839. The third-order valence-corrected chi connectivity index (χ3v) is 4.23. The highest BCUT2D eigenvalue weighted by Gasteiger charge is 2.38. The number of carbonyl (C=O) groups is 3. The molecule has 0 aliphatic carbocycles. The standard InChI is InChI=1S/C21H14N2O5/c1-13-6-7-14(12-18(13)27-15-8-10-22-11-9-15)21(26)28-23-19(24)16-4-2-3-5-17(16)20(23)25/h2-12H,1H3. The minimum absolute atomic E-state index is 0.145. The van der Waals surface area contributed by atoms with E-state index in [1.807, 2.05) is 6.92 Å². The highest BCUT2D eigenvalue weighted by atomic mass is 16.7. The van der Waals surface area contributed by atoms with Crippen LogP contribution in [0.5, 0.6) is 11.5 Å². The summed E-state index contributed by atoms with van der Waals surface area (Å²) in [5, 5.41) is 0.482. The van der Waals surface area contributed by atoms with Gasteiger partial charge in [-0.15, -0.1) is 0 Å². The van der Waals surface area contributed by atoms with Gasteiger partial charge < -0.3 is 9.57 Å². The number of amides is 2. The summed E-state index contributed by atoms with van der Waals surface area (Å²) in [6.45, 7) is 1.83. The van der Waals surface area contributed by atoms with Gasteiger partial charge in [-0.3, -0.25) is 14.6 Å². The van der Waals surface area contributed by atoms with Crippen LogP contribution in [0, 0.1) is 6.92 Å². The molecule has 0 N–H and O–H groups in total. The van der Waals surface area contributed by atoms with Crippen LogP contribution in [-0.4, -0.2) is 27.8 Å².